The fourth-order valence-corrected chi connectivity index (χ4v) is 6.45. The summed E-state index contributed by atoms with van der Waals surface area (Å²) in [5.74, 6) is -0.273. The summed E-state index contributed by atoms with van der Waals surface area (Å²) in [6.45, 7) is 4.27. The summed E-state index contributed by atoms with van der Waals surface area (Å²) in [5, 5.41) is 6.06. The van der Waals surface area contributed by atoms with Crippen molar-refractivity contribution in [2.45, 2.75) is 45.1 Å². The van der Waals surface area contributed by atoms with E-state index >= 15 is 0 Å². The van der Waals surface area contributed by atoms with Crippen LogP contribution in [0.5, 0.6) is 0 Å². The van der Waals surface area contributed by atoms with Gasteiger partial charge >= 0.3 is 5.97 Å². The second-order valence-electron chi connectivity index (χ2n) is 8.56. The van der Waals surface area contributed by atoms with E-state index in [1.165, 1.54) is 31.2 Å². The lowest BCUT2D eigenvalue weighted by molar-refractivity contribution is 0.0601. The number of fused-ring (bicyclic) bond motifs is 1. The summed E-state index contributed by atoms with van der Waals surface area (Å²) >= 11 is 19.6. The molecule has 0 unspecified atom stereocenters. The number of carbonyl (C=O) groups is 1. The summed E-state index contributed by atoms with van der Waals surface area (Å²) in [6, 6.07) is 5.79. The Morgan fingerprint density at radius 1 is 1.09 bits per heavy atom. The molecule has 1 saturated heterocycles. The Bertz CT molecular complexity index is 1020. The molecular weight excluding hydrogens is 497 g/mol. The zero-order valence-corrected chi connectivity index (χ0v) is 21.9. The number of rotatable bonds is 4. The molecule has 1 aliphatic heterocycles. The lowest BCUT2D eigenvalue weighted by Gasteiger charge is -2.36. The van der Waals surface area contributed by atoms with Gasteiger partial charge in [0.2, 0.25) is 0 Å². The van der Waals surface area contributed by atoms with Crippen LogP contribution in [0, 0.1) is 0 Å². The monoisotopic (exact) mass is 525 g/mol. The predicted molar refractivity (Wildman–Crippen MR) is 141 cm³/mol. The highest BCUT2D eigenvalue weighted by Gasteiger charge is 2.27. The predicted octanol–water partition coefficient (Wildman–Crippen LogP) is 6.02. The SMILES string of the molecule is COC(=O)c1c(NC(=S)N2CCN(Cc3ccc(Cl)c(Cl)c3)CC2)sc2c1CCCCCC2. The van der Waals surface area contributed by atoms with Gasteiger partial charge in [0.15, 0.2) is 5.11 Å². The first-order valence-corrected chi connectivity index (χ1v) is 13.4. The van der Waals surface area contributed by atoms with E-state index in [2.05, 4.69) is 15.1 Å². The number of benzene rings is 1. The third-order valence-corrected chi connectivity index (χ3v) is 8.64. The molecule has 0 radical (unpaired) electrons. The van der Waals surface area contributed by atoms with Gasteiger partial charge in [0.05, 0.1) is 22.7 Å². The Morgan fingerprint density at radius 3 is 2.52 bits per heavy atom. The van der Waals surface area contributed by atoms with Gasteiger partial charge in [-0.2, -0.15) is 0 Å². The number of halogens is 2. The van der Waals surface area contributed by atoms with Gasteiger partial charge in [-0.3, -0.25) is 4.90 Å². The fraction of sp³-hybridized carbons (Fsp3) is 0.500. The minimum atomic E-state index is -0.273. The number of hydrogen-bond donors (Lipinski definition) is 1. The molecular formula is C24H29Cl2N3O2S2. The second-order valence-corrected chi connectivity index (χ2v) is 10.9. The van der Waals surface area contributed by atoms with E-state index in [4.69, 9.17) is 40.2 Å². The van der Waals surface area contributed by atoms with Crippen LogP contribution in [-0.4, -0.2) is 54.2 Å². The van der Waals surface area contributed by atoms with E-state index in [1.807, 2.05) is 18.2 Å². The van der Waals surface area contributed by atoms with Gasteiger partial charge in [-0.25, -0.2) is 4.79 Å². The van der Waals surface area contributed by atoms with Crippen LogP contribution in [0.4, 0.5) is 5.00 Å². The van der Waals surface area contributed by atoms with E-state index in [0.29, 0.717) is 20.7 Å². The number of methoxy groups -OCH3 is 1. The van der Waals surface area contributed by atoms with Crippen molar-refractivity contribution in [3.8, 4) is 0 Å². The van der Waals surface area contributed by atoms with Crippen molar-refractivity contribution in [1.82, 2.24) is 9.80 Å². The molecule has 2 aromatic rings. The standard InChI is InChI=1S/C24H29Cl2N3O2S2/c1-31-23(30)21-17-6-4-2-3-5-7-20(17)33-22(21)27-24(32)29-12-10-28(11-13-29)15-16-8-9-18(25)19(26)14-16/h8-9,14H,2-7,10-13,15H2,1H3,(H,27,32). The Morgan fingerprint density at radius 2 is 1.82 bits per heavy atom. The number of aryl methyl sites for hydroxylation is 1. The minimum Gasteiger partial charge on any atom is -0.465 e. The number of piperazine rings is 1. The fourth-order valence-electron chi connectivity index (χ4n) is 4.51. The zero-order valence-electron chi connectivity index (χ0n) is 18.8. The van der Waals surface area contributed by atoms with Gasteiger partial charge in [0.1, 0.15) is 5.00 Å². The summed E-state index contributed by atoms with van der Waals surface area (Å²) in [6.07, 6.45) is 6.68. The molecule has 1 aromatic carbocycles. The maximum absolute atomic E-state index is 12.6. The molecule has 5 nitrogen and oxygen atoms in total. The molecule has 178 valence electrons. The van der Waals surface area contributed by atoms with E-state index in [9.17, 15) is 4.79 Å². The van der Waals surface area contributed by atoms with Gasteiger partial charge in [0.25, 0.3) is 0 Å². The van der Waals surface area contributed by atoms with Crippen LogP contribution in [-0.2, 0) is 24.1 Å². The lowest BCUT2D eigenvalue weighted by Crippen LogP contribution is -2.49. The molecule has 4 rings (SSSR count). The highest BCUT2D eigenvalue weighted by Crippen LogP contribution is 2.37. The number of carbonyl (C=O) groups excluding carboxylic acids is 1. The summed E-state index contributed by atoms with van der Waals surface area (Å²) in [5.41, 5.74) is 2.99. The van der Waals surface area contributed by atoms with Crippen LogP contribution >= 0.6 is 46.8 Å². The molecule has 1 aliphatic carbocycles. The molecule has 1 N–H and O–H groups in total. The third-order valence-electron chi connectivity index (χ3n) is 6.33. The Hall–Kier alpha value is -1.38. The van der Waals surface area contributed by atoms with Crippen LogP contribution < -0.4 is 5.32 Å². The number of hydrogen-bond acceptors (Lipinski definition) is 5. The Labute approximate surface area is 215 Å². The third kappa shape index (κ3) is 6.01. The second kappa shape index (κ2) is 11.4. The summed E-state index contributed by atoms with van der Waals surface area (Å²) in [4.78, 5) is 18.5. The van der Waals surface area contributed by atoms with Gasteiger partial charge in [0, 0.05) is 37.6 Å². The molecule has 0 atom stereocenters. The van der Waals surface area contributed by atoms with E-state index in [-0.39, 0.29) is 5.97 Å². The summed E-state index contributed by atoms with van der Waals surface area (Å²) in [7, 11) is 1.45. The molecule has 33 heavy (non-hydrogen) atoms. The first-order chi connectivity index (χ1) is 16.0. The van der Waals surface area contributed by atoms with Crippen molar-refractivity contribution in [2.75, 3.05) is 38.6 Å². The Balaban J connectivity index is 1.40. The van der Waals surface area contributed by atoms with Crippen molar-refractivity contribution in [3.63, 3.8) is 0 Å². The molecule has 0 amide bonds. The molecule has 1 fully saturated rings. The van der Waals surface area contributed by atoms with Crippen molar-refractivity contribution in [3.05, 3.63) is 49.8 Å². The first-order valence-electron chi connectivity index (χ1n) is 11.4. The molecule has 1 aromatic heterocycles. The highest BCUT2D eigenvalue weighted by molar-refractivity contribution is 7.80. The van der Waals surface area contributed by atoms with E-state index < -0.39 is 0 Å². The van der Waals surface area contributed by atoms with Crippen LogP contribution in [0.15, 0.2) is 18.2 Å². The van der Waals surface area contributed by atoms with Gasteiger partial charge in [-0.1, -0.05) is 42.1 Å². The molecule has 2 aliphatic rings. The van der Waals surface area contributed by atoms with Gasteiger partial charge in [-0.05, 0) is 61.2 Å². The van der Waals surface area contributed by atoms with Gasteiger partial charge < -0.3 is 15.0 Å². The maximum atomic E-state index is 12.6. The van der Waals surface area contributed by atoms with Gasteiger partial charge in [-0.15, -0.1) is 11.3 Å². The van der Waals surface area contributed by atoms with Crippen molar-refractivity contribution < 1.29 is 9.53 Å². The highest BCUT2D eigenvalue weighted by atomic mass is 35.5. The van der Waals surface area contributed by atoms with E-state index in [0.717, 1.165) is 68.1 Å². The molecule has 0 spiro atoms. The van der Waals surface area contributed by atoms with Crippen LogP contribution in [0.2, 0.25) is 10.0 Å². The normalized spacial score (nSPS) is 17.1. The molecule has 2 heterocycles. The van der Waals surface area contributed by atoms with Crippen molar-refractivity contribution in [2.24, 2.45) is 0 Å². The molecule has 0 bridgehead atoms. The number of anilines is 1. The average Bonchev–Trinajstić information content (AvgIpc) is 3.12. The van der Waals surface area contributed by atoms with Crippen LogP contribution in [0.3, 0.4) is 0 Å². The number of nitrogens with zero attached hydrogens (tertiary/aromatic N) is 2. The first kappa shape index (κ1) is 24.7. The number of ether oxygens (including phenoxy) is 1. The smallest absolute Gasteiger partial charge is 0.341 e. The van der Waals surface area contributed by atoms with Crippen molar-refractivity contribution in [1.29, 1.82) is 0 Å². The Kier molecular flexibility index (Phi) is 8.52. The largest absolute Gasteiger partial charge is 0.465 e. The summed E-state index contributed by atoms with van der Waals surface area (Å²) < 4.78 is 5.13. The number of nitrogens with one attached hydrogen (secondary N) is 1. The van der Waals surface area contributed by atoms with E-state index in [1.54, 1.807) is 11.3 Å². The zero-order chi connectivity index (χ0) is 23.4. The lowest BCUT2D eigenvalue weighted by atomic mass is 9.96. The molecule has 9 heteroatoms. The minimum absolute atomic E-state index is 0.273. The van der Waals surface area contributed by atoms with Crippen molar-refractivity contribution >= 4 is 62.8 Å². The average molecular weight is 527 g/mol. The number of thiophene rings is 1. The quantitative estimate of drug-likeness (QED) is 0.389. The van der Waals surface area contributed by atoms with Crippen LogP contribution in [0.25, 0.3) is 0 Å². The van der Waals surface area contributed by atoms with Crippen LogP contribution in [0.1, 0.15) is 52.0 Å². The number of esters is 1. The topological polar surface area (TPSA) is 44.8 Å². The molecule has 0 saturated carbocycles. The number of thiocarbonyl (C=S) groups is 1. The maximum Gasteiger partial charge on any atom is 0.341 e.